The Balaban J connectivity index is 1.60. The van der Waals surface area contributed by atoms with Gasteiger partial charge in [0.1, 0.15) is 11.6 Å². The first-order chi connectivity index (χ1) is 12.6. The van der Waals surface area contributed by atoms with Crippen LogP contribution in [0.1, 0.15) is 56.3 Å². The molecule has 1 aromatic carbocycles. The summed E-state index contributed by atoms with van der Waals surface area (Å²) in [6.07, 6.45) is 5.96. The fourth-order valence-corrected chi connectivity index (χ4v) is 4.73. The minimum absolute atomic E-state index is 0.337. The molecule has 1 fully saturated rings. The van der Waals surface area contributed by atoms with Gasteiger partial charge in [-0.2, -0.15) is 8.78 Å². The van der Waals surface area contributed by atoms with Gasteiger partial charge in [0, 0.05) is 6.04 Å². The lowest BCUT2D eigenvalue weighted by atomic mass is 9.95. The van der Waals surface area contributed by atoms with Crippen molar-refractivity contribution in [1.29, 1.82) is 0 Å². The zero-order chi connectivity index (χ0) is 18.1. The number of benzene rings is 1. The van der Waals surface area contributed by atoms with Crippen LogP contribution < -0.4 is 0 Å². The first-order valence-corrected chi connectivity index (χ1v) is 9.92. The number of aryl methyl sites for hydroxylation is 1. The van der Waals surface area contributed by atoms with Crippen molar-refractivity contribution >= 4 is 22.8 Å². The van der Waals surface area contributed by atoms with Crippen molar-refractivity contribution in [2.24, 2.45) is 0 Å². The van der Waals surface area contributed by atoms with Gasteiger partial charge in [-0.15, -0.1) is 10.2 Å². The van der Waals surface area contributed by atoms with Crippen molar-refractivity contribution in [3.63, 3.8) is 0 Å². The Bertz CT molecular complexity index is 898. The van der Waals surface area contributed by atoms with E-state index in [9.17, 15) is 8.78 Å². The minimum atomic E-state index is -2.61. The number of hydrogen-bond donors (Lipinski definition) is 0. The lowest BCUT2D eigenvalue weighted by molar-refractivity contribution is 0.0722. The van der Waals surface area contributed by atoms with Crippen LogP contribution >= 0.6 is 11.8 Å². The van der Waals surface area contributed by atoms with Gasteiger partial charge >= 0.3 is 6.55 Å². The van der Waals surface area contributed by atoms with Crippen molar-refractivity contribution in [1.82, 2.24) is 24.3 Å². The second-order valence-corrected chi connectivity index (χ2v) is 7.59. The predicted molar refractivity (Wildman–Crippen MR) is 97.4 cm³/mol. The number of hydrogen-bond acceptors (Lipinski definition) is 4. The maximum absolute atomic E-state index is 13.6. The van der Waals surface area contributed by atoms with E-state index in [0.29, 0.717) is 28.7 Å². The second kappa shape index (κ2) is 7.34. The molecule has 2 heterocycles. The van der Waals surface area contributed by atoms with E-state index in [1.165, 1.54) is 31.0 Å². The van der Waals surface area contributed by atoms with E-state index in [0.717, 1.165) is 28.4 Å². The summed E-state index contributed by atoms with van der Waals surface area (Å²) >= 11 is 1.43. The summed E-state index contributed by atoms with van der Waals surface area (Å²) < 4.78 is 30.3. The van der Waals surface area contributed by atoms with Gasteiger partial charge in [-0.05, 0) is 31.9 Å². The molecule has 0 N–H and O–H groups in total. The Labute approximate surface area is 154 Å². The highest BCUT2D eigenvalue weighted by atomic mass is 32.2. The largest absolute Gasteiger partial charge is 0.320 e. The third kappa shape index (κ3) is 3.22. The molecule has 1 aliphatic rings. The van der Waals surface area contributed by atoms with Crippen LogP contribution in [0, 0.1) is 6.92 Å². The molecule has 5 nitrogen and oxygen atoms in total. The molecule has 0 radical (unpaired) electrons. The highest BCUT2D eigenvalue weighted by Crippen LogP contribution is 2.34. The molecule has 0 atom stereocenters. The fourth-order valence-electron chi connectivity index (χ4n) is 3.75. The van der Waals surface area contributed by atoms with Crippen molar-refractivity contribution in [3.05, 3.63) is 35.9 Å². The fraction of sp³-hybridized carbons (Fsp3) is 0.500. The SMILES string of the molecule is Cc1nnc(SCc2nc3ccccc3n2C(F)F)n1C1CCCCC1. The number of nitrogens with zero attached hydrogens (tertiary/aromatic N) is 5. The summed E-state index contributed by atoms with van der Waals surface area (Å²) in [6.45, 7) is -0.656. The van der Waals surface area contributed by atoms with Gasteiger partial charge in [-0.25, -0.2) is 4.98 Å². The highest BCUT2D eigenvalue weighted by Gasteiger charge is 2.23. The van der Waals surface area contributed by atoms with Gasteiger partial charge in [0.2, 0.25) is 0 Å². The van der Waals surface area contributed by atoms with E-state index < -0.39 is 6.55 Å². The summed E-state index contributed by atoms with van der Waals surface area (Å²) in [5, 5.41) is 9.30. The molecule has 1 aliphatic carbocycles. The summed E-state index contributed by atoms with van der Waals surface area (Å²) in [4.78, 5) is 4.40. The normalized spacial score (nSPS) is 16.0. The van der Waals surface area contributed by atoms with Gasteiger partial charge in [0.15, 0.2) is 5.16 Å². The molecule has 26 heavy (non-hydrogen) atoms. The maximum Gasteiger partial charge on any atom is 0.320 e. The molecule has 138 valence electrons. The molecule has 8 heteroatoms. The van der Waals surface area contributed by atoms with E-state index in [2.05, 4.69) is 19.7 Å². The summed E-state index contributed by atoms with van der Waals surface area (Å²) in [6, 6.07) is 7.41. The zero-order valence-corrected chi connectivity index (χ0v) is 15.4. The Hall–Kier alpha value is -1.96. The van der Waals surface area contributed by atoms with Gasteiger partial charge in [0.05, 0.1) is 16.8 Å². The lowest BCUT2D eigenvalue weighted by Crippen LogP contribution is -2.15. The summed E-state index contributed by atoms with van der Waals surface area (Å²) in [5.74, 6) is 1.59. The topological polar surface area (TPSA) is 48.5 Å². The zero-order valence-electron chi connectivity index (χ0n) is 14.6. The number of para-hydroxylation sites is 2. The maximum atomic E-state index is 13.6. The van der Waals surface area contributed by atoms with E-state index in [-0.39, 0.29) is 0 Å². The van der Waals surface area contributed by atoms with E-state index in [1.807, 2.05) is 13.0 Å². The van der Waals surface area contributed by atoms with Crippen molar-refractivity contribution < 1.29 is 8.78 Å². The van der Waals surface area contributed by atoms with E-state index >= 15 is 0 Å². The van der Waals surface area contributed by atoms with E-state index in [1.54, 1.807) is 18.2 Å². The number of aromatic nitrogens is 5. The van der Waals surface area contributed by atoms with Crippen molar-refractivity contribution in [2.45, 2.75) is 62.5 Å². The molecule has 0 spiro atoms. The molecule has 0 aliphatic heterocycles. The van der Waals surface area contributed by atoms with Crippen LogP contribution in [0.3, 0.4) is 0 Å². The molecule has 1 saturated carbocycles. The molecule has 0 saturated heterocycles. The highest BCUT2D eigenvalue weighted by molar-refractivity contribution is 7.98. The van der Waals surface area contributed by atoms with Crippen LogP contribution in [0.25, 0.3) is 11.0 Å². The standard InChI is InChI=1S/C18H21F2N5S/c1-12-22-23-18(24(12)13-7-3-2-4-8-13)26-11-16-21-14-9-5-6-10-15(14)25(16)17(19)20/h5-6,9-10,13,17H,2-4,7-8,11H2,1H3. The first-order valence-electron chi connectivity index (χ1n) is 8.93. The summed E-state index contributed by atoms with van der Waals surface area (Å²) in [7, 11) is 0. The molecule has 3 aromatic rings. The smallest absolute Gasteiger partial charge is 0.303 e. The molecule has 4 rings (SSSR count). The third-order valence-corrected chi connectivity index (χ3v) is 5.91. The molecule has 0 bridgehead atoms. The van der Waals surface area contributed by atoms with Gasteiger partial charge in [-0.3, -0.25) is 4.57 Å². The Morgan fingerprint density at radius 3 is 2.69 bits per heavy atom. The molecular weight excluding hydrogens is 356 g/mol. The first kappa shape index (κ1) is 17.5. The number of halogens is 2. The minimum Gasteiger partial charge on any atom is -0.303 e. The van der Waals surface area contributed by atoms with Crippen molar-refractivity contribution in [3.8, 4) is 0 Å². The molecule has 0 unspecified atom stereocenters. The van der Waals surface area contributed by atoms with Crippen molar-refractivity contribution in [2.75, 3.05) is 0 Å². The van der Waals surface area contributed by atoms with Crippen LogP contribution in [0.5, 0.6) is 0 Å². The number of fused-ring (bicyclic) bond motifs is 1. The summed E-state index contributed by atoms with van der Waals surface area (Å²) in [5.41, 5.74) is 1.05. The van der Waals surface area contributed by atoms with Crippen LogP contribution in [-0.4, -0.2) is 24.3 Å². The van der Waals surface area contributed by atoms with Gasteiger partial charge < -0.3 is 4.57 Å². The van der Waals surface area contributed by atoms with Crippen LogP contribution in [0.2, 0.25) is 0 Å². The van der Waals surface area contributed by atoms with Crippen LogP contribution in [0.4, 0.5) is 8.78 Å². The Kier molecular flexibility index (Phi) is 4.93. The average Bonchev–Trinajstić information content (AvgIpc) is 3.20. The lowest BCUT2D eigenvalue weighted by Gasteiger charge is -2.25. The number of alkyl halides is 2. The average molecular weight is 377 g/mol. The Morgan fingerprint density at radius 1 is 1.15 bits per heavy atom. The monoisotopic (exact) mass is 377 g/mol. The van der Waals surface area contributed by atoms with Gasteiger partial charge in [-0.1, -0.05) is 43.2 Å². The number of imidazole rings is 1. The molecular formula is C18H21F2N5S. The van der Waals surface area contributed by atoms with E-state index in [4.69, 9.17) is 0 Å². The number of rotatable bonds is 5. The Morgan fingerprint density at radius 2 is 1.92 bits per heavy atom. The third-order valence-electron chi connectivity index (χ3n) is 4.97. The van der Waals surface area contributed by atoms with Crippen LogP contribution in [0.15, 0.2) is 29.4 Å². The quantitative estimate of drug-likeness (QED) is 0.579. The second-order valence-electron chi connectivity index (χ2n) is 6.64. The van der Waals surface area contributed by atoms with Gasteiger partial charge in [0.25, 0.3) is 0 Å². The number of thioether (sulfide) groups is 1. The molecule has 0 amide bonds. The molecule has 2 aromatic heterocycles. The van der Waals surface area contributed by atoms with Crippen LogP contribution in [-0.2, 0) is 5.75 Å². The predicted octanol–water partition coefficient (Wildman–Crippen LogP) is 5.13.